The second kappa shape index (κ2) is 4.88. The first kappa shape index (κ1) is 12.0. The molecule has 0 fully saturated rings. The van der Waals surface area contributed by atoms with Crippen LogP contribution in [0.4, 0.5) is 5.69 Å². The molecule has 0 radical (unpaired) electrons. The summed E-state index contributed by atoms with van der Waals surface area (Å²) < 4.78 is 0. The molecular weight excluding hydrogens is 238 g/mol. The van der Waals surface area contributed by atoms with Crippen LogP contribution in [0.1, 0.15) is 24.6 Å². The van der Waals surface area contributed by atoms with Crippen molar-refractivity contribution in [3.63, 3.8) is 0 Å². The van der Waals surface area contributed by atoms with Gasteiger partial charge in [0, 0.05) is 18.9 Å². The number of hydrogen-bond acceptors (Lipinski definition) is 3. The van der Waals surface area contributed by atoms with Crippen LogP contribution in [0.5, 0.6) is 0 Å². The van der Waals surface area contributed by atoms with Crippen LogP contribution in [0.25, 0.3) is 10.9 Å². The number of nitrogens with one attached hydrogen (secondary N) is 2. The lowest BCUT2D eigenvalue weighted by molar-refractivity contribution is -0.119. The van der Waals surface area contributed by atoms with Gasteiger partial charge in [0.05, 0.1) is 23.4 Å². The quantitative estimate of drug-likeness (QED) is 0.865. The summed E-state index contributed by atoms with van der Waals surface area (Å²) in [6, 6.07) is 8.33. The fraction of sp³-hybridized carbons (Fsp3) is 0.333. The number of amides is 1. The third kappa shape index (κ3) is 2.38. The summed E-state index contributed by atoms with van der Waals surface area (Å²) in [5, 5.41) is 7.37. The maximum atomic E-state index is 11.0. The number of carbonyl (C=O) groups excluding carboxylic acids is 1. The number of rotatable bonds is 2. The summed E-state index contributed by atoms with van der Waals surface area (Å²) >= 11 is 0. The maximum absolute atomic E-state index is 11.0. The van der Waals surface area contributed by atoms with Crippen molar-refractivity contribution in [1.29, 1.82) is 0 Å². The second-order valence-electron chi connectivity index (χ2n) is 4.91. The molecule has 19 heavy (non-hydrogen) atoms. The molecule has 1 aromatic carbocycles. The van der Waals surface area contributed by atoms with Crippen molar-refractivity contribution >= 4 is 22.5 Å². The van der Waals surface area contributed by atoms with Crippen molar-refractivity contribution in [3.8, 4) is 0 Å². The van der Waals surface area contributed by atoms with Crippen LogP contribution < -0.4 is 10.6 Å². The van der Waals surface area contributed by atoms with Crippen molar-refractivity contribution < 1.29 is 4.79 Å². The van der Waals surface area contributed by atoms with E-state index in [1.165, 1.54) is 18.9 Å². The molecule has 2 aromatic rings. The molecule has 1 aromatic heterocycles. The molecule has 0 saturated carbocycles. The third-order valence-corrected chi connectivity index (χ3v) is 3.45. The number of pyridine rings is 1. The Kier molecular flexibility index (Phi) is 3.07. The van der Waals surface area contributed by atoms with E-state index >= 15 is 0 Å². The SMILES string of the molecule is CC(=O)NCc1ccc2ccc3c(c2n1)NCCC3. The van der Waals surface area contributed by atoms with E-state index in [4.69, 9.17) is 0 Å². The van der Waals surface area contributed by atoms with Gasteiger partial charge in [0.15, 0.2) is 0 Å². The molecule has 0 bridgehead atoms. The average Bonchev–Trinajstić information content (AvgIpc) is 2.44. The van der Waals surface area contributed by atoms with E-state index in [1.54, 1.807) is 0 Å². The highest BCUT2D eigenvalue weighted by atomic mass is 16.1. The number of hydrogen-bond donors (Lipinski definition) is 2. The van der Waals surface area contributed by atoms with Gasteiger partial charge in [-0.15, -0.1) is 0 Å². The molecule has 0 aliphatic carbocycles. The van der Waals surface area contributed by atoms with Gasteiger partial charge in [0.25, 0.3) is 0 Å². The molecule has 2 N–H and O–H groups in total. The van der Waals surface area contributed by atoms with Gasteiger partial charge in [-0.1, -0.05) is 18.2 Å². The molecule has 0 atom stereocenters. The maximum Gasteiger partial charge on any atom is 0.217 e. The lowest BCUT2D eigenvalue weighted by Crippen LogP contribution is -2.19. The predicted octanol–water partition coefficient (Wildman–Crippen LogP) is 2.23. The lowest BCUT2D eigenvalue weighted by atomic mass is 10.0. The highest BCUT2D eigenvalue weighted by Crippen LogP contribution is 2.29. The first-order valence-corrected chi connectivity index (χ1v) is 6.64. The third-order valence-electron chi connectivity index (χ3n) is 3.45. The summed E-state index contributed by atoms with van der Waals surface area (Å²) in [4.78, 5) is 15.6. The van der Waals surface area contributed by atoms with E-state index in [-0.39, 0.29) is 5.91 Å². The molecule has 0 saturated heterocycles. The van der Waals surface area contributed by atoms with E-state index in [0.717, 1.165) is 35.2 Å². The molecule has 0 unspecified atom stereocenters. The Bertz CT molecular complexity index is 637. The molecule has 3 rings (SSSR count). The first-order chi connectivity index (χ1) is 9.24. The molecule has 1 aliphatic heterocycles. The summed E-state index contributed by atoms with van der Waals surface area (Å²) in [7, 11) is 0. The van der Waals surface area contributed by atoms with Gasteiger partial charge in [-0.2, -0.15) is 0 Å². The van der Waals surface area contributed by atoms with E-state index in [0.29, 0.717) is 6.54 Å². The minimum absolute atomic E-state index is 0.0323. The fourth-order valence-electron chi connectivity index (χ4n) is 2.48. The molecule has 0 spiro atoms. The van der Waals surface area contributed by atoms with Gasteiger partial charge in [-0.3, -0.25) is 4.79 Å². The number of aryl methyl sites for hydroxylation is 1. The van der Waals surface area contributed by atoms with Gasteiger partial charge >= 0.3 is 0 Å². The predicted molar refractivity (Wildman–Crippen MR) is 76.1 cm³/mol. The first-order valence-electron chi connectivity index (χ1n) is 6.64. The molecular formula is C15H17N3O. The minimum Gasteiger partial charge on any atom is -0.383 e. The zero-order valence-electron chi connectivity index (χ0n) is 11.0. The normalized spacial score (nSPS) is 13.7. The molecule has 4 nitrogen and oxygen atoms in total. The Morgan fingerprint density at radius 1 is 1.37 bits per heavy atom. The Morgan fingerprint density at radius 3 is 3.05 bits per heavy atom. The Morgan fingerprint density at radius 2 is 2.21 bits per heavy atom. The van der Waals surface area contributed by atoms with Crippen molar-refractivity contribution in [2.45, 2.75) is 26.3 Å². The van der Waals surface area contributed by atoms with E-state index in [2.05, 4.69) is 33.8 Å². The zero-order chi connectivity index (χ0) is 13.2. The zero-order valence-corrected chi connectivity index (χ0v) is 11.0. The number of carbonyl (C=O) groups is 1. The standard InChI is InChI=1S/C15H17N3O/c1-10(19)17-9-13-7-6-12-5-4-11-3-2-8-16-14(11)15(12)18-13/h4-7,16H,2-3,8-9H2,1H3,(H,17,19). The van der Waals surface area contributed by atoms with Crippen LogP contribution in [-0.4, -0.2) is 17.4 Å². The number of fused-ring (bicyclic) bond motifs is 3. The van der Waals surface area contributed by atoms with Gasteiger partial charge in [0.1, 0.15) is 0 Å². The van der Waals surface area contributed by atoms with Crippen LogP contribution in [0.2, 0.25) is 0 Å². The molecule has 1 aliphatic rings. The summed E-state index contributed by atoms with van der Waals surface area (Å²) in [5.41, 5.74) is 4.40. The summed E-state index contributed by atoms with van der Waals surface area (Å²) in [6.45, 7) is 3.00. The van der Waals surface area contributed by atoms with Gasteiger partial charge in [0.2, 0.25) is 5.91 Å². The molecule has 1 amide bonds. The highest BCUT2D eigenvalue weighted by Gasteiger charge is 2.13. The average molecular weight is 255 g/mol. The molecule has 2 heterocycles. The molecule has 98 valence electrons. The van der Waals surface area contributed by atoms with Crippen LogP contribution in [0, 0.1) is 0 Å². The topological polar surface area (TPSA) is 54.0 Å². The summed E-state index contributed by atoms with van der Waals surface area (Å²) in [6.07, 6.45) is 2.28. The van der Waals surface area contributed by atoms with E-state index < -0.39 is 0 Å². The minimum atomic E-state index is -0.0323. The van der Waals surface area contributed by atoms with E-state index in [9.17, 15) is 4.79 Å². The van der Waals surface area contributed by atoms with Gasteiger partial charge in [-0.05, 0) is 24.5 Å². The summed E-state index contributed by atoms with van der Waals surface area (Å²) in [5.74, 6) is -0.0323. The van der Waals surface area contributed by atoms with Gasteiger partial charge < -0.3 is 10.6 Å². The number of nitrogens with zero attached hydrogens (tertiary/aromatic N) is 1. The van der Waals surface area contributed by atoms with Crippen LogP contribution in [-0.2, 0) is 17.8 Å². The Hall–Kier alpha value is -2.10. The second-order valence-corrected chi connectivity index (χ2v) is 4.91. The largest absolute Gasteiger partial charge is 0.383 e. The number of aromatic nitrogens is 1. The monoisotopic (exact) mass is 255 g/mol. The van der Waals surface area contributed by atoms with Crippen LogP contribution in [0.15, 0.2) is 24.3 Å². The van der Waals surface area contributed by atoms with Crippen LogP contribution >= 0.6 is 0 Å². The van der Waals surface area contributed by atoms with E-state index in [1.807, 2.05) is 6.07 Å². The Balaban J connectivity index is 2.02. The van der Waals surface area contributed by atoms with Crippen molar-refractivity contribution in [1.82, 2.24) is 10.3 Å². The fourth-order valence-corrected chi connectivity index (χ4v) is 2.48. The number of anilines is 1. The highest BCUT2D eigenvalue weighted by molar-refractivity contribution is 5.92. The van der Waals surface area contributed by atoms with Crippen molar-refractivity contribution in [2.75, 3.05) is 11.9 Å². The van der Waals surface area contributed by atoms with Gasteiger partial charge in [-0.25, -0.2) is 4.98 Å². The van der Waals surface area contributed by atoms with Crippen molar-refractivity contribution in [3.05, 3.63) is 35.5 Å². The Labute approximate surface area is 112 Å². The smallest absolute Gasteiger partial charge is 0.217 e. The van der Waals surface area contributed by atoms with Crippen LogP contribution in [0.3, 0.4) is 0 Å². The molecule has 4 heteroatoms. The lowest BCUT2D eigenvalue weighted by Gasteiger charge is -2.19. The van der Waals surface area contributed by atoms with Crippen molar-refractivity contribution in [2.24, 2.45) is 0 Å². The number of benzene rings is 1.